The highest BCUT2D eigenvalue weighted by Crippen LogP contribution is 2.36. The summed E-state index contributed by atoms with van der Waals surface area (Å²) in [5.41, 5.74) is 9.55. The number of benzene rings is 1. The summed E-state index contributed by atoms with van der Waals surface area (Å²) in [6.07, 6.45) is 3.44. The van der Waals surface area contributed by atoms with Crippen LogP contribution in [0, 0.1) is 0 Å². The van der Waals surface area contributed by atoms with Gasteiger partial charge >= 0.3 is 0 Å². The summed E-state index contributed by atoms with van der Waals surface area (Å²) >= 11 is 9.53. The van der Waals surface area contributed by atoms with Gasteiger partial charge in [0, 0.05) is 22.4 Å². The lowest BCUT2D eigenvalue weighted by Crippen LogP contribution is -1.89. The van der Waals surface area contributed by atoms with E-state index in [0.717, 1.165) is 26.9 Å². The average molecular weight is 350 g/mol. The van der Waals surface area contributed by atoms with E-state index >= 15 is 0 Å². The van der Waals surface area contributed by atoms with Crippen molar-refractivity contribution in [3.8, 4) is 22.4 Å². The standard InChI is InChI=1S/C14H10BrClN4/c15-10-2-1-9(7-11(10)16)13-12(14(17)20-19-13)8-3-5-18-6-4-8/h1-7H,(H3,17,19,20). The quantitative estimate of drug-likeness (QED) is 0.730. The zero-order chi connectivity index (χ0) is 14.1. The highest BCUT2D eigenvalue weighted by molar-refractivity contribution is 9.10. The van der Waals surface area contributed by atoms with E-state index in [-0.39, 0.29) is 0 Å². The first kappa shape index (κ1) is 13.1. The van der Waals surface area contributed by atoms with Gasteiger partial charge in [0.2, 0.25) is 0 Å². The summed E-state index contributed by atoms with van der Waals surface area (Å²) in [6.45, 7) is 0. The van der Waals surface area contributed by atoms with Crippen LogP contribution in [0.15, 0.2) is 47.2 Å². The number of H-pyrrole nitrogens is 1. The molecule has 0 aliphatic heterocycles. The third kappa shape index (κ3) is 2.30. The van der Waals surface area contributed by atoms with E-state index in [1.807, 2.05) is 30.3 Å². The maximum Gasteiger partial charge on any atom is 0.153 e. The van der Waals surface area contributed by atoms with Crippen LogP contribution in [-0.2, 0) is 0 Å². The molecule has 3 aromatic rings. The van der Waals surface area contributed by atoms with E-state index in [0.29, 0.717) is 10.8 Å². The molecule has 6 heteroatoms. The van der Waals surface area contributed by atoms with Crippen molar-refractivity contribution in [1.82, 2.24) is 15.2 Å². The highest BCUT2D eigenvalue weighted by atomic mass is 79.9. The Bertz CT molecular complexity index is 755. The third-order valence-electron chi connectivity index (χ3n) is 2.97. The minimum atomic E-state index is 0.449. The topological polar surface area (TPSA) is 67.6 Å². The van der Waals surface area contributed by atoms with Crippen LogP contribution < -0.4 is 5.73 Å². The molecule has 0 saturated heterocycles. The van der Waals surface area contributed by atoms with E-state index in [1.54, 1.807) is 12.4 Å². The third-order valence-corrected chi connectivity index (χ3v) is 4.20. The molecule has 0 unspecified atom stereocenters. The van der Waals surface area contributed by atoms with Gasteiger partial charge < -0.3 is 5.73 Å². The second kappa shape index (κ2) is 5.26. The van der Waals surface area contributed by atoms with Gasteiger partial charge in [0.15, 0.2) is 5.82 Å². The summed E-state index contributed by atoms with van der Waals surface area (Å²) < 4.78 is 0.848. The van der Waals surface area contributed by atoms with E-state index in [4.69, 9.17) is 17.3 Å². The van der Waals surface area contributed by atoms with Gasteiger partial charge in [0.1, 0.15) is 0 Å². The van der Waals surface area contributed by atoms with Gasteiger partial charge in [0.05, 0.1) is 16.3 Å². The van der Waals surface area contributed by atoms with E-state index in [2.05, 4.69) is 31.1 Å². The molecule has 1 aromatic carbocycles. The predicted molar refractivity (Wildman–Crippen MR) is 84.4 cm³/mol. The van der Waals surface area contributed by atoms with Crippen LogP contribution in [0.2, 0.25) is 5.02 Å². The molecule has 3 rings (SSSR count). The molecule has 3 N–H and O–H groups in total. The number of nitrogens with one attached hydrogen (secondary N) is 1. The van der Waals surface area contributed by atoms with E-state index in [9.17, 15) is 0 Å². The first-order valence-corrected chi connectivity index (χ1v) is 7.03. The molecular formula is C14H10BrClN4. The van der Waals surface area contributed by atoms with Gasteiger partial charge in [0.25, 0.3) is 0 Å². The van der Waals surface area contributed by atoms with E-state index < -0.39 is 0 Å². The molecule has 0 radical (unpaired) electrons. The number of nitrogens with two attached hydrogens (primary N) is 1. The van der Waals surface area contributed by atoms with Crippen LogP contribution >= 0.6 is 27.5 Å². The van der Waals surface area contributed by atoms with Crippen LogP contribution in [0.3, 0.4) is 0 Å². The number of hydrogen-bond acceptors (Lipinski definition) is 3. The summed E-state index contributed by atoms with van der Waals surface area (Å²) in [7, 11) is 0. The molecule has 100 valence electrons. The number of aromatic amines is 1. The number of rotatable bonds is 2. The number of hydrogen-bond donors (Lipinski definition) is 2. The molecule has 20 heavy (non-hydrogen) atoms. The fourth-order valence-corrected chi connectivity index (χ4v) is 2.45. The SMILES string of the molecule is Nc1n[nH]c(-c2ccc(Br)c(Cl)c2)c1-c1ccncc1. The maximum atomic E-state index is 6.15. The number of nitrogen functional groups attached to an aromatic ring is 1. The van der Waals surface area contributed by atoms with Crippen molar-refractivity contribution in [3.63, 3.8) is 0 Å². The molecular weight excluding hydrogens is 340 g/mol. The lowest BCUT2D eigenvalue weighted by Gasteiger charge is -2.05. The molecule has 4 nitrogen and oxygen atoms in total. The molecule has 0 fully saturated rings. The Morgan fingerprint density at radius 3 is 2.55 bits per heavy atom. The predicted octanol–water partition coefficient (Wildman–Crippen LogP) is 4.14. The summed E-state index contributed by atoms with van der Waals surface area (Å²) in [4.78, 5) is 4.01. The first-order valence-electron chi connectivity index (χ1n) is 5.86. The summed E-state index contributed by atoms with van der Waals surface area (Å²) in [5, 5.41) is 7.70. The Balaban J connectivity index is 2.18. The molecule has 2 heterocycles. The fourth-order valence-electron chi connectivity index (χ4n) is 2.03. The number of aromatic nitrogens is 3. The zero-order valence-corrected chi connectivity index (χ0v) is 12.6. The molecule has 0 saturated carbocycles. The van der Waals surface area contributed by atoms with Gasteiger partial charge in [-0.15, -0.1) is 0 Å². The number of pyridine rings is 1. The average Bonchev–Trinajstić information content (AvgIpc) is 2.85. The van der Waals surface area contributed by atoms with Gasteiger partial charge in [-0.3, -0.25) is 10.1 Å². The fraction of sp³-hybridized carbons (Fsp3) is 0. The van der Waals surface area contributed by atoms with Crippen LogP contribution in [0.5, 0.6) is 0 Å². The Labute approximate surface area is 129 Å². The summed E-state index contributed by atoms with van der Waals surface area (Å²) in [6, 6.07) is 9.50. The Kier molecular flexibility index (Phi) is 3.46. The number of anilines is 1. The Morgan fingerprint density at radius 1 is 1.10 bits per heavy atom. The molecule has 0 aliphatic carbocycles. The molecule has 0 atom stereocenters. The highest BCUT2D eigenvalue weighted by Gasteiger charge is 2.15. The van der Waals surface area contributed by atoms with Crippen molar-refractivity contribution in [3.05, 3.63) is 52.2 Å². The van der Waals surface area contributed by atoms with E-state index in [1.165, 1.54) is 0 Å². The van der Waals surface area contributed by atoms with Gasteiger partial charge in [-0.1, -0.05) is 17.7 Å². The second-order valence-corrected chi connectivity index (χ2v) is 5.49. The molecule has 2 aromatic heterocycles. The number of halogens is 2. The monoisotopic (exact) mass is 348 g/mol. The largest absolute Gasteiger partial charge is 0.382 e. The lowest BCUT2D eigenvalue weighted by atomic mass is 10.0. The molecule has 0 bridgehead atoms. The van der Waals surface area contributed by atoms with Crippen molar-refractivity contribution in [1.29, 1.82) is 0 Å². The van der Waals surface area contributed by atoms with Crippen molar-refractivity contribution < 1.29 is 0 Å². The zero-order valence-electron chi connectivity index (χ0n) is 10.3. The molecule has 0 aliphatic rings. The van der Waals surface area contributed by atoms with Crippen molar-refractivity contribution in [2.75, 3.05) is 5.73 Å². The first-order chi connectivity index (χ1) is 9.66. The Morgan fingerprint density at radius 2 is 1.85 bits per heavy atom. The normalized spacial score (nSPS) is 10.7. The lowest BCUT2D eigenvalue weighted by molar-refractivity contribution is 1.10. The summed E-state index contributed by atoms with van der Waals surface area (Å²) in [5.74, 6) is 0.449. The van der Waals surface area contributed by atoms with Crippen LogP contribution in [0.25, 0.3) is 22.4 Å². The van der Waals surface area contributed by atoms with Crippen molar-refractivity contribution in [2.24, 2.45) is 0 Å². The van der Waals surface area contributed by atoms with Gasteiger partial charge in [-0.05, 0) is 45.8 Å². The van der Waals surface area contributed by atoms with Gasteiger partial charge in [-0.25, -0.2) is 0 Å². The van der Waals surface area contributed by atoms with Crippen molar-refractivity contribution in [2.45, 2.75) is 0 Å². The van der Waals surface area contributed by atoms with Crippen LogP contribution in [-0.4, -0.2) is 15.2 Å². The molecule has 0 spiro atoms. The second-order valence-electron chi connectivity index (χ2n) is 4.22. The maximum absolute atomic E-state index is 6.15. The Hall–Kier alpha value is -1.85. The number of nitrogens with zero attached hydrogens (tertiary/aromatic N) is 2. The van der Waals surface area contributed by atoms with Crippen LogP contribution in [0.4, 0.5) is 5.82 Å². The minimum absolute atomic E-state index is 0.449. The van der Waals surface area contributed by atoms with Gasteiger partial charge in [-0.2, -0.15) is 5.10 Å². The molecule has 0 amide bonds. The van der Waals surface area contributed by atoms with Crippen LogP contribution in [0.1, 0.15) is 0 Å². The van der Waals surface area contributed by atoms with Crippen molar-refractivity contribution >= 4 is 33.3 Å². The minimum Gasteiger partial charge on any atom is -0.382 e. The smallest absolute Gasteiger partial charge is 0.153 e.